The lowest BCUT2D eigenvalue weighted by Crippen LogP contribution is -2.01. The zero-order valence-electron chi connectivity index (χ0n) is 12.2. The third-order valence-electron chi connectivity index (χ3n) is 3.40. The van der Waals surface area contributed by atoms with Gasteiger partial charge >= 0.3 is 0 Å². The second-order valence-electron chi connectivity index (χ2n) is 4.95. The number of para-hydroxylation sites is 2. The van der Waals surface area contributed by atoms with Crippen molar-refractivity contribution in [3.05, 3.63) is 64.9 Å². The van der Waals surface area contributed by atoms with Gasteiger partial charge in [-0.2, -0.15) is 0 Å². The Kier molecular flexibility index (Phi) is 4.39. The fraction of sp³-hybridized carbons (Fsp3) is 0.176. The van der Waals surface area contributed by atoms with Gasteiger partial charge in [0.15, 0.2) is 0 Å². The lowest BCUT2D eigenvalue weighted by molar-refractivity contribution is 0.131. The summed E-state index contributed by atoms with van der Waals surface area (Å²) < 4.78 is 2.10. The van der Waals surface area contributed by atoms with E-state index in [9.17, 15) is 0 Å². The highest BCUT2D eigenvalue weighted by molar-refractivity contribution is 6.30. The van der Waals surface area contributed by atoms with Gasteiger partial charge in [0, 0.05) is 5.02 Å². The van der Waals surface area contributed by atoms with Crippen molar-refractivity contribution in [3.8, 4) is 0 Å². The van der Waals surface area contributed by atoms with E-state index < -0.39 is 0 Å². The summed E-state index contributed by atoms with van der Waals surface area (Å²) in [4.78, 5) is 9.82. The molecule has 22 heavy (non-hydrogen) atoms. The Morgan fingerprint density at radius 3 is 2.77 bits per heavy atom. The fourth-order valence-corrected chi connectivity index (χ4v) is 2.41. The molecule has 0 aliphatic carbocycles. The minimum Gasteiger partial charge on any atom is -0.391 e. The minimum atomic E-state index is 0.428. The third kappa shape index (κ3) is 3.28. The maximum atomic E-state index is 5.84. The minimum absolute atomic E-state index is 0.428. The van der Waals surface area contributed by atoms with Crippen LogP contribution in [0.15, 0.2) is 53.7 Å². The van der Waals surface area contributed by atoms with Crippen LogP contribution in [0.3, 0.4) is 0 Å². The molecular formula is C17H16ClN3O. The van der Waals surface area contributed by atoms with Crippen LogP contribution in [0.1, 0.15) is 11.4 Å². The molecule has 2 aromatic carbocycles. The van der Waals surface area contributed by atoms with E-state index >= 15 is 0 Å². The number of benzene rings is 2. The first-order valence-corrected chi connectivity index (χ1v) is 7.42. The highest BCUT2D eigenvalue weighted by Gasteiger charge is 2.04. The number of imidazole rings is 1. The van der Waals surface area contributed by atoms with Crippen LogP contribution in [0, 0.1) is 6.92 Å². The molecule has 0 unspecified atom stereocenters. The molecule has 0 amide bonds. The summed E-state index contributed by atoms with van der Waals surface area (Å²) in [6.45, 7) is 3.05. The Balaban J connectivity index is 1.59. The standard InChI is InChI=1S/C17H16ClN3O/c1-13-20-16-4-2-3-5-17(16)21(13)11-10-19-22-12-14-6-8-15(18)9-7-14/h2-10H,11-12H2,1H3/b19-10+. The average molecular weight is 314 g/mol. The molecule has 5 heteroatoms. The molecule has 0 N–H and O–H groups in total. The molecule has 0 atom stereocenters. The van der Waals surface area contributed by atoms with Gasteiger partial charge in [-0.3, -0.25) is 0 Å². The summed E-state index contributed by atoms with van der Waals surface area (Å²) in [5.74, 6) is 0.963. The molecule has 3 rings (SSSR count). The number of fused-ring (bicyclic) bond motifs is 1. The van der Waals surface area contributed by atoms with Gasteiger partial charge in [0.25, 0.3) is 0 Å². The molecule has 0 saturated heterocycles. The number of hydrogen-bond acceptors (Lipinski definition) is 3. The Hall–Kier alpha value is -2.33. The number of hydrogen-bond donors (Lipinski definition) is 0. The fourth-order valence-electron chi connectivity index (χ4n) is 2.29. The normalized spacial score (nSPS) is 11.4. The largest absolute Gasteiger partial charge is 0.391 e. The predicted molar refractivity (Wildman–Crippen MR) is 89.2 cm³/mol. The number of oxime groups is 1. The molecule has 0 bridgehead atoms. The van der Waals surface area contributed by atoms with Crippen LogP contribution in [0.4, 0.5) is 0 Å². The van der Waals surface area contributed by atoms with E-state index in [1.165, 1.54) is 0 Å². The third-order valence-corrected chi connectivity index (χ3v) is 3.66. The molecule has 0 aliphatic rings. The molecule has 4 nitrogen and oxygen atoms in total. The van der Waals surface area contributed by atoms with E-state index in [0.29, 0.717) is 13.2 Å². The van der Waals surface area contributed by atoms with Crippen LogP contribution in [0.5, 0.6) is 0 Å². The zero-order valence-corrected chi connectivity index (χ0v) is 13.0. The lowest BCUT2D eigenvalue weighted by Gasteiger charge is -2.03. The first kappa shape index (κ1) is 14.6. The van der Waals surface area contributed by atoms with Crippen molar-refractivity contribution in [1.29, 1.82) is 0 Å². The van der Waals surface area contributed by atoms with Crippen molar-refractivity contribution in [3.63, 3.8) is 0 Å². The Labute approximate surface area is 134 Å². The van der Waals surface area contributed by atoms with Crippen molar-refractivity contribution < 1.29 is 4.84 Å². The van der Waals surface area contributed by atoms with E-state index in [2.05, 4.69) is 20.8 Å². The van der Waals surface area contributed by atoms with Gasteiger partial charge in [0.05, 0.1) is 23.8 Å². The van der Waals surface area contributed by atoms with Gasteiger partial charge in [-0.05, 0) is 36.8 Å². The number of aromatic nitrogens is 2. The molecule has 1 aromatic heterocycles. The molecule has 0 aliphatic heterocycles. The first-order chi connectivity index (χ1) is 10.7. The van der Waals surface area contributed by atoms with Gasteiger partial charge in [0.1, 0.15) is 12.4 Å². The summed E-state index contributed by atoms with van der Waals surface area (Å²) >= 11 is 5.84. The summed E-state index contributed by atoms with van der Waals surface area (Å²) in [7, 11) is 0. The van der Waals surface area contributed by atoms with Crippen LogP contribution in [-0.4, -0.2) is 15.8 Å². The van der Waals surface area contributed by atoms with Crippen LogP contribution in [0.25, 0.3) is 11.0 Å². The van der Waals surface area contributed by atoms with Crippen LogP contribution in [0.2, 0.25) is 5.02 Å². The molecule has 0 saturated carbocycles. The second kappa shape index (κ2) is 6.62. The maximum absolute atomic E-state index is 5.84. The van der Waals surface area contributed by atoms with Crippen molar-refractivity contribution in [2.45, 2.75) is 20.1 Å². The zero-order chi connectivity index (χ0) is 15.4. The Morgan fingerprint density at radius 2 is 1.95 bits per heavy atom. The number of rotatable bonds is 5. The maximum Gasteiger partial charge on any atom is 0.142 e. The molecule has 1 heterocycles. The second-order valence-corrected chi connectivity index (χ2v) is 5.38. The van der Waals surface area contributed by atoms with Gasteiger partial charge < -0.3 is 9.40 Å². The predicted octanol–water partition coefficient (Wildman–Crippen LogP) is 4.20. The van der Waals surface area contributed by atoms with E-state index in [4.69, 9.17) is 16.4 Å². The Morgan fingerprint density at radius 1 is 1.18 bits per heavy atom. The van der Waals surface area contributed by atoms with Crippen molar-refractivity contribution >= 4 is 28.8 Å². The summed E-state index contributed by atoms with van der Waals surface area (Å²) in [5, 5.41) is 4.72. The monoisotopic (exact) mass is 313 g/mol. The quantitative estimate of drug-likeness (QED) is 0.523. The SMILES string of the molecule is Cc1nc2ccccc2n1C/C=N/OCc1ccc(Cl)cc1. The summed E-state index contributed by atoms with van der Waals surface area (Å²) in [6.07, 6.45) is 1.75. The van der Waals surface area contributed by atoms with Crippen molar-refractivity contribution in [2.75, 3.05) is 0 Å². The molecule has 0 radical (unpaired) electrons. The highest BCUT2D eigenvalue weighted by atomic mass is 35.5. The van der Waals surface area contributed by atoms with Gasteiger partial charge in [0.2, 0.25) is 0 Å². The number of nitrogens with zero attached hydrogens (tertiary/aromatic N) is 3. The van der Waals surface area contributed by atoms with Crippen molar-refractivity contribution in [2.24, 2.45) is 5.16 Å². The molecule has 0 fully saturated rings. The molecule has 112 valence electrons. The van der Waals surface area contributed by atoms with Crippen LogP contribution in [-0.2, 0) is 18.0 Å². The van der Waals surface area contributed by atoms with Crippen molar-refractivity contribution in [1.82, 2.24) is 9.55 Å². The smallest absolute Gasteiger partial charge is 0.142 e. The topological polar surface area (TPSA) is 39.4 Å². The van der Waals surface area contributed by atoms with E-state index in [-0.39, 0.29) is 0 Å². The molecule has 0 spiro atoms. The number of halogens is 1. The van der Waals surface area contributed by atoms with Crippen LogP contribution >= 0.6 is 11.6 Å². The van der Waals surface area contributed by atoms with Gasteiger partial charge in [-0.1, -0.05) is 41.0 Å². The van der Waals surface area contributed by atoms with E-state index in [0.717, 1.165) is 27.4 Å². The first-order valence-electron chi connectivity index (χ1n) is 7.04. The Bertz CT molecular complexity index is 793. The van der Waals surface area contributed by atoms with Gasteiger partial charge in [-0.15, -0.1) is 0 Å². The highest BCUT2D eigenvalue weighted by Crippen LogP contribution is 2.14. The van der Waals surface area contributed by atoms with Gasteiger partial charge in [-0.25, -0.2) is 4.98 Å². The molecular weight excluding hydrogens is 298 g/mol. The molecule has 3 aromatic rings. The summed E-state index contributed by atoms with van der Waals surface area (Å²) in [6, 6.07) is 15.6. The lowest BCUT2D eigenvalue weighted by atomic mass is 10.2. The van der Waals surface area contributed by atoms with E-state index in [1.807, 2.05) is 49.4 Å². The summed E-state index contributed by atoms with van der Waals surface area (Å²) in [5.41, 5.74) is 3.13. The number of aryl methyl sites for hydroxylation is 1. The van der Waals surface area contributed by atoms with Crippen LogP contribution < -0.4 is 0 Å². The average Bonchev–Trinajstić information content (AvgIpc) is 2.85. The van der Waals surface area contributed by atoms with E-state index in [1.54, 1.807) is 6.21 Å².